The van der Waals surface area contributed by atoms with Gasteiger partial charge in [0.05, 0.1) is 15.9 Å². The van der Waals surface area contributed by atoms with Crippen molar-refractivity contribution in [3.05, 3.63) is 12.2 Å². The molecule has 2 heterocycles. The molecule has 0 aromatic heterocycles. The molecule has 33 heavy (non-hydrogen) atoms. The molecule has 2 rings (SSSR count). The summed E-state index contributed by atoms with van der Waals surface area (Å²) in [6.07, 6.45) is 15.5. The van der Waals surface area contributed by atoms with E-state index < -0.39 is 33.0 Å². The van der Waals surface area contributed by atoms with E-state index in [1.165, 1.54) is 0 Å². The first-order valence-corrected chi connectivity index (χ1v) is 15.3. The van der Waals surface area contributed by atoms with Crippen molar-refractivity contribution in [3.63, 3.8) is 0 Å². The first-order valence-electron chi connectivity index (χ1n) is 12.8. The molecule has 2 fully saturated rings. The maximum atomic E-state index is 12.9. The van der Waals surface area contributed by atoms with Gasteiger partial charge in [0, 0.05) is 38.7 Å². The molecule has 2 saturated heterocycles. The van der Waals surface area contributed by atoms with Crippen LogP contribution in [0, 0.1) is 10.8 Å². The molecular weight excluding hydrogens is 456 g/mol. The largest absolute Gasteiger partial charge is 0.481 e. The van der Waals surface area contributed by atoms with Crippen LogP contribution in [0.25, 0.3) is 0 Å². The standard InChI is InChI=1S/C26H46O5S2/c1-25(2,19-27)17-7-5-9-20-11-13-22(32(20)30)15-16-23-14-12-21(33(23)31)10-6-8-18-26(3,4)24(28)29/h15-16,20-23,27H,5-14,17-19H2,1-4H3,(H,28,29)/b16-15+. The van der Waals surface area contributed by atoms with Gasteiger partial charge in [-0.2, -0.15) is 0 Å². The van der Waals surface area contributed by atoms with Crippen molar-refractivity contribution in [2.75, 3.05) is 6.61 Å². The fraction of sp³-hybridized carbons (Fsp3) is 0.885. The highest BCUT2D eigenvalue weighted by atomic mass is 32.2. The second-order valence-corrected chi connectivity index (χ2v) is 15.4. The van der Waals surface area contributed by atoms with E-state index in [9.17, 15) is 23.4 Å². The molecule has 2 aliphatic rings. The number of aliphatic carboxylic acids is 1. The number of carbonyl (C=O) groups is 1. The van der Waals surface area contributed by atoms with E-state index in [0.717, 1.165) is 70.6 Å². The minimum absolute atomic E-state index is 0.0239. The molecule has 6 unspecified atom stereocenters. The van der Waals surface area contributed by atoms with Crippen molar-refractivity contribution in [2.45, 2.75) is 126 Å². The summed E-state index contributed by atoms with van der Waals surface area (Å²) in [4.78, 5) is 11.2. The molecule has 0 bridgehead atoms. The lowest BCUT2D eigenvalue weighted by molar-refractivity contribution is -0.147. The van der Waals surface area contributed by atoms with E-state index >= 15 is 0 Å². The third kappa shape index (κ3) is 8.88. The van der Waals surface area contributed by atoms with Crippen LogP contribution in [0.4, 0.5) is 0 Å². The van der Waals surface area contributed by atoms with Gasteiger partial charge in [-0.25, -0.2) is 0 Å². The van der Waals surface area contributed by atoms with Crippen LogP contribution in [-0.2, 0) is 26.4 Å². The molecule has 2 N–H and O–H groups in total. The van der Waals surface area contributed by atoms with Crippen molar-refractivity contribution in [2.24, 2.45) is 10.8 Å². The molecule has 0 aromatic carbocycles. The second kappa shape index (κ2) is 13.0. The Morgan fingerprint density at radius 3 is 1.70 bits per heavy atom. The summed E-state index contributed by atoms with van der Waals surface area (Å²) in [5.74, 6) is -0.755. The molecular formula is C26H46O5S2. The monoisotopic (exact) mass is 502 g/mol. The number of hydrogen-bond acceptors (Lipinski definition) is 4. The zero-order valence-electron chi connectivity index (χ0n) is 21.1. The lowest BCUT2D eigenvalue weighted by atomic mass is 9.87. The maximum Gasteiger partial charge on any atom is 0.309 e. The summed E-state index contributed by atoms with van der Waals surface area (Å²) >= 11 is 0. The average Bonchev–Trinajstić information content (AvgIpc) is 3.29. The number of aliphatic hydroxyl groups is 1. The van der Waals surface area contributed by atoms with Crippen molar-refractivity contribution in [1.29, 1.82) is 0 Å². The molecule has 0 amide bonds. The van der Waals surface area contributed by atoms with E-state index in [4.69, 9.17) is 0 Å². The summed E-state index contributed by atoms with van der Waals surface area (Å²) in [6.45, 7) is 7.90. The molecule has 6 atom stereocenters. The molecule has 192 valence electrons. The Hall–Kier alpha value is -0.530. The van der Waals surface area contributed by atoms with Gasteiger partial charge in [-0.05, 0) is 70.6 Å². The SMILES string of the molecule is CC(C)(CO)CCCCC1CCC(/C=C/C2CCC(CCCCC(C)(C)C(=O)O)S2=O)S1=O. The van der Waals surface area contributed by atoms with Crippen molar-refractivity contribution in [3.8, 4) is 0 Å². The highest BCUT2D eigenvalue weighted by Crippen LogP contribution is 2.33. The smallest absolute Gasteiger partial charge is 0.309 e. The fourth-order valence-corrected chi connectivity index (χ4v) is 8.63. The van der Waals surface area contributed by atoms with Crippen LogP contribution in [0.2, 0.25) is 0 Å². The van der Waals surface area contributed by atoms with Gasteiger partial charge in [0.15, 0.2) is 0 Å². The predicted octanol–water partition coefficient (Wildman–Crippen LogP) is 5.35. The summed E-state index contributed by atoms with van der Waals surface area (Å²) in [5.41, 5.74) is -0.713. The number of carboxylic acid groups (broad SMARTS) is 1. The minimum atomic E-state index is -0.890. The van der Waals surface area contributed by atoms with E-state index in [1.807, 2.05) is 0 Å². The minimum Gasteiger partial charge on any atom is -0.481 e. The Balaban J connectivity index is 1.70. The van der Waals surface area contributed by atoms with Gasteiger partial charge in [0.1, 0.15) is 0 Å². The normalized spacial score (nSPS) is 30.9. The third-order valence-electron chi connectivity index (χ3n) is 7.56. The molecule has 0 saturated carbocycles. The Bertz CT molecular complexity index is 715. The molecule has 0 radical (unpaired) electrons. The van der Waals surface area contributed by atoms with E-state index in [1.54, 1.807) is 13.8 Å². The lowest BCUT2D eigenvalue weighted by Crippen LogP contribution is -2.23. The van der Waals surface area contributed by atoms with Crippen molar-refractivity contribution in [1.82, 2.24) is 0 Å². The zero-order valence-corrected chi connectivity index (χ0v) is 22.7. The van der Waals surface area contributed by atoms with Crippen LogP contribution in [0.1, 0.15) is 105 Å². The molecule has 2 aliphatic heterocycles. The summed E-state index contributed by atoms with van der Waals surface area (Å²) < 4.78 is 25.8. The Kier molecular flexibility index (Phi) is 11.3. The predicted molar refractivity (Wildman–Crippen MR) is 138 cm³/mol. The van der Waals surface area contributed by atoms with Gasteiger partial charge in [0.2, 0.25) is 0 Å². The molecule has 5 nitrogen and oxygen atoms in total. The first kappa shape index (κ1) is 28.7. The third-order valence-corrected chi connectivity index (χ3v) is 11.8. The van der Waals surface area contributed by atoms with Gasteiger partial charge in [-0.3, -0.25) is 13.2 Å². The maximum absolute atomic E-state index is 12.9. The summed E-state index contributed by atoms with van der Waals surface area (Å²) in [7, 11) is -1.74. The van der Waals surface area contributed by atoms with Crippen molar-refractivity contribution >= 4 is 27.6 Å². The van der Waals surface area contributed by atoms with Crippen LogP contribution in [0.15, 0.2) is 12.2 Å². The van der Waals surface area contributed by atoms with Crippen molar-refractivity contribution < 1.29 is 23.4 Å². The number of hydrogen-bond donors (Lipinski definition) is 2. The van der Waals surface area contributed by atoms with E-state index in [0.29, 0.717) is 6.42 Å². The number of aliphatic hydroxyl groups excluding tert-OH is 1. The average molecular weight is 503 g/mol. The first-order chi connectivity index (χ1) is 15.5. The summed E-state index contributed by atoms with van der Waals surface area (Å²) in [5, 5.41) is 19.2. The number of carboxylic acids is 1. The quantitative estimate of drug-likeness (QED) is 0.247. The highest BCUT2D eigenvalue weighted by Gasteiger charge is 2.34. The van der Waals surface area contributed by atoms with E-state index in [2.05, 4.69) is 26.0 Å². The molecule has 0 aromatic rings. The second-order valence-electron chi connectivity index (χ2n) is 11.5. The highest BCUT2D eigenvalue weighted by molar-refractivity contribution is 7.87. The van der Waals surface area contributed by atoms with Gasteiger partial charge in [0.25, 0.3) is 0 Å². The van der Waals surface area contributed by atoms with Crippen LogP contribution in [-0.4, -0.2) is 52.2 Å². The van der Waals surface area contributed by atoms with E-state index in [-0.39, 0.29) is 33.0 Å². The number of unbranched alkanes of at least 4 members (excludes halogenated alkanes) is 2. The van der Waals surface area contributed by atoms with Crippen LogP contribution >= 0.6 is 0 Å². The van der Waals surface area contributed by atoms with Gasteiger partial charge < -0.3 is 10.2 Å². The Morgan fingerprint density at radius 1 is 0.818 bits per heavy atom. The lowest BCUT2D eigenvalue weighted by Gasteiger charge is -2.21. The molecule has 7 heteroatoms. The van der Waals surface area contributed by atoms with Gasteiger partial charge >= 0.3 is 5.97 Å². The van der Waals surface area contributed by atoms with Gasteiger partial charge in [-0.15, -0.1) is 0 Å². The topological polar surface area (TPSA) is 91.7 Å². The Labute approximate surface area is 206 Å². The van der Waals surface area contributed by atoms with Crippen LogP contribution < -0.4 is 0 Å². The Morgan fingerprint density at radius 2 is 1.27 bits per heavy atom. The van der Waals surface area contributed by atoms with Crippen LogP contribution in [0.5, 0.6) is 0 Å². The molecule has 0 spiro atoms. The number of rotatable bonds is 14. The zero-order chi connectivity index (χ0) is 24.6. The summed E-state index contributed by atoms with van der Waals surface area (Å²) in [6, 6.07) is 0. The van der Waals surface area contributed by atoms with Gasteiger partial charge in [-0.1, -0.05) is 51.7 Å². The fourth-order valence-electron chi connectivity index (χ4n) is 4.88. The van der Waals surface area contributed by atoms with Crippen LogP contribution in [0.3, 0.4) is 0 Å². The molecule has 0 aliphatic carbocycles.